The normalized spacial score (nSPS) is 13.8. The Hall–Kier alpha value is -2.55. The highest BCUT2D eigenvalue weighted by Crippen LogP contribution is 2.35. The summed E-state index contributed by atoms with van der Waals surface area (Å²) in [5.41, 5.74) is 1.55. The van der Waals surface area contributed by atoms with Crippen molar-refractivity contribution in [3.8, 4) is 5.75 Å². The number of hydrogen-bond acceptors (Lipinski definition) is 4. The van der Waals surface area contributed by atoms with E-state index in [0.717, 1.165) is 20.8 Å². The summed E-state index contributed by atoms with van der Waals surface area (Å²) >= 11 is 11.8. The molecule has 0 saturated carbocycles. The van der Waals surface area contributed by atoms with Gasteiger partial charge in [-0.1, -0.05) is 58.4 Å². The maximum atomic E-state index is 12.2. The van der Waals surface area contributed by atoms with E-state index < -0.39 is 11.8 Å². The van der Waals surface area contributed by atoms with Gasteiger partial charge in [0.05, 0.1) is 4.47 Å². The van der Waals surface area contributed by atoms with Crippen molar-refractivity contribution in [2.45, 2.75) is 6.61 Å². The molecule has 0 bridgehead atoms. The van der Waals surface area contributed by atoms with Crippen LogP contribution >= 0.6 is 44.1 Å². The number of hydrogen-bond donors (Lipinski definition) is 2. The van der Waals surface area contributed by atoms with Gasteiger partial charge in [-0.2, -0.15) is 0 Å². The number of benzene rings is 3. The van der Waals surface area contributed by atoms with Gasteiger partial charge in [-0.15, -0.1) is 0 Å². The molecule has 30 heavy (non-hydrogen) atoms. The quantitative estimate of drug-likeness (QED) is 0.279. The van der Waals surface area contributed by atoms with Crippen LogP contribution < -0.4 is 15.4 Å². The van der Waals surface area contributed by atoms with Gasteiger partial charge in [0.1, 0.15) is 17.9 Å². The summed E-state index contributed by atoms with van der Waals surface area (Å²) in [5.74, 6) is -0.591. The van der Waals surface area contributed by atoms with E-state index in [2.05, 4.69) is 54.6 Å². The third-order valence-corrected chi connectivity index (χ3v) is 5.78. The lowest BCUT2D eigenvalue weighted by molar-refractivity contribution is -0.123. The Kier molecular flexibility index (Phi) is 5.99. The first-order valence-electron chi connectivity index (χ1n) is 8.89. The van der Waals surface area contributed by atoms with Gasteiger partial charge < -0.3 is 4.74 Å². The molecule has 0 radical (unpaired) electrons. The minimum absolute atomic E-state index is 0.00926. The van der Waals surface area contributed by atoms with Crippen LogP contribution in [0.5, 0.6) is 5.75 Å². The fraction of sp³-hybridized carbons (Fsp3) is 0.0455. The largest absolute Gasteiger partial charge is 0.487 e. The smallest absolute Gasteiger partial charge is 0.263 e. The van der Waals surface area contributed by atoms with Crippen LogP contribution in [0.25, 0.3) is 16.8 Å². The zero-order chi connectivity index (χ0) is 21.3. The van der Waals surface area contributed by atoms with Crippen LogP contribution in [-0.4, -0.2) is 16.9 Å². The number of ether oxygens (including phenoxy) is 1. The van der Waals surface area contributed by atoms with E-state index in [0.29, 0.717) is 22.4 Å². The molecule has 3 aromatic carbocycles. The molecule has 0 unspecified atom stereocenters. The molecule has 5 nitrogen and oxygen atoms in total. The van der Waals surface area contributed by atoms with Gasteiger partial charge in [0.15, 0.2) is 5.11 Å². The van der Waals surface area contributed by atoms with E-state index >= 15 is 0 Å². The zero-order valence-corrected chi connectivity index (χ0v) is 19.4. The number of carbonyl (C=O) groups excluding carboxylic acids is 2. The summed E-state index contributed by atoms with van der Waals surface area (Å²) in [6, 6.07) is 17.8. The highest BCUT2D eigenvalue weighted by molar-refractivity contribution is 9.11. The average Bonchev–Trinajstić information content (AvgIpc) is 2.70. The van der Waals surface area contributed by atoms with Gasteiger partial charge in [0, 0.05) is 10.0 Å². The van der Waals surface area contributed by atoms with Crippen LogP contribution in [0.4, 0.5) is 0 Å². The fourth-order valence-corrected chi connectivity index (χ4v) is 4.73. The van der Waals surface area contributed by atoms with Gasteiger partial charge in [-0.05, 0) is 62.7 Å². The van der Waals surface area contributed by atoms with Crippen molar-refractivity contribution in [1.29, 1.82) is 0 Å². The standard InChI is InChI=1S/C22H14Br2N2O3S/c23-15-8-14(9-17-20(27)25-22(30)26-21(17)28)19(18(24)10-15)29-11-13-6-3-5-12-4-1-2-7-16(12)13/h1-10H,11H2,(H2,25,26,27,28,30). The molecule has 0 aromatic heterocycles. The van der Waals surface area contributed by atoms with Gasteiger partial charge in [-0.25, -0.2) is 0 Å². The zero-order valence-electron chi connectivity index (χ0n) is 15.4. The summed E-state index contributed by atoms with van der Waals surface area (Å²) in [6.45, 7) is 0.320. The molecule has 0 atom stereocenters. The lowest BCUT2D eigenvalue weighted by atomic mass is 10.1. The number of thiocarbonyl (C=S) groups is 1. The molecular weight excluding hydrogens is 532 g/mol. The Balaban J connectivity index is 1.70. The predicted molar refractivity (Wildman–Crippen MR) is 127 cm³/mol. The van der Waals surface area contributed by atoms with Crippen molar-refractivity contribution in [3.05, 3.63) is 80.2 Å². The van der Waals surface area contributed by atoms with Crippen LogP contribution in [0.15, 0.2) is 69.1 Å². The van der Waals surface area contributed by atoms with E-state index in [1.54, 1.807) is 6.07 Å². The number of carbonyl (C=O) groups is 2. The van der Waals surface area contributed by atoms with Gasteiger partial charge >= 0.3 is 0 Å². The molecule has 0 aliphatic carbocycles. The first-order chi connectivity index (χ1) is 14.4. The van der Waals surface area contributed by atoms with Crippen molar-refractivity contribution in [1.82, 2.24) is 10.6 Å². The summed E-state index contributed by atoms with van der Waals surface area (Å²) in [5, 5.41) is 7.09. The van der Waals surface area contributed by atoms with E-state index in [1.807, 2.05) is 36.4 Å². The average molecular weight is 546 g/mol. The Bertz CT molecular complexity index is 1210. The van der Waals surface area contributed by atoms with E-state index in [1.165, 1.54) is 6.08 Å². The molecule has 1 saturated heterocycles. The second kappa shape index (κ2) is 8.67. The second-order valence-electron chi connectivity index (χ2n) is 6.53. The van der Waals surface area contributed by atoms with E-state index in [-0.39, 0.29) is 10.7 Å². The van der Waals surface area contributed by atoms with Crippen molar-refractivity contribution < 1.29 is 14.3 Å². The third-order valence-electron chi connectivity index (χ3n) is 4.53. The number of rotatable bonds is 4. The molecule has 1 aliphatic rings. The molecule has 4 rings (SSSR count). The molecule has 8 heteroatoms. The van der Waals surface area contributed by atoms with Crippen molar-refractivity contribution in [2.24, 2.45) is 0 Å². The molecule has 1 heterocycles. The minimum atomic E-state index is -0.556. The van der Waals surface area contributed by atoms with E-state index in [9.17, 15) is 9.59 Å². The Morgan fingerprint density at radius 1 is 0.967 bits per heavy atom. The summed E-state index contributed by atoms with van der Waals surface area (Å²) in [4.78, 5) is 24.5. The number of halogens is 2. The SMILES string of the molecule is O=C1NC(=S)NC(=O)C1=Cc1cc(Br)cc(Br)c1OCc1cccc2ccccc12. The molecule has 1 aliphatic heterocycles. The lowest BCUT2D eigenvalue weighted by Crippen LogP contribution is -2.51. The van der Waals surface area contributed by atoms with E-state index in [4.69, 9.17) is 17.0 Å². The third kappa shape index (κ3) is 4.30. The number of nitrogens with one attached hydrogen (secondary N) is 2. The summed E-state index contributed by atoms with van der Waals surface area (Å²) in [6.07, 6.45) is 1.49. The van der Waals surface area contributed by atoms with Gasteiger partial charge in [-0.3, -0.25) is 20.2 Å². The Morgan fingerprint density at radius 3 is 2.43 bits per heavy atom. The van der Waals surface area contributed by atoms with Crippen LogP contribution in [0, 0.1) is 0 Å². The molecule has 0 spiro atoms. The minimum Gasteiger partial charge on any atom is -0.487 e. The maximum absolute atomic E-state index is 12.2. The lowest BCUT2D eigenvalue weighted by Gasteiger charge is -2.18. The topological polar surface area (TPSA) is 67.4 Å². The first kappa shape index (κ1) is 20.7. The van der Waals surface area contributed by atoms with Crippen molar-refractivity contribution >= 4 is 77.9 Å². The first-order valence-corrected chi connectivity index (χ1v) is 10.9. The molecular formula is C22H14Br2N2O3S. The van der Waals surface area contributed by atoms with Crippen molar-refractivity contribution in [2.75, 3.05) is 0 Å². The van der Waals surface area contributed by atoms with Crippen LogP contribution in [0.2, 0.25) is 0 Å². The Labute approximate surface area is 194 Å². The molecule has 3 aromatic rings. The fourth-order valence-electron chi connectivity index (χ4n) is 3.17. The summed E-state index contributed by atoms with van der Waals surface area (Å²) in [7, 11) is 0. The Morgan fingerprint density at radius 2 is 1.67 bits per heavy atom. The van der Waals surface area contributed by atoms with Gasteiger partial charge in [0.2, 0.25) is 0 Å². The highest BCUT2D eigenvalue weighted by atomic mass is 79.9. The summed E-state index contributed by atoms with van der Waals surface area (Å²) < 4.78 is 7.61. The number of amides is 2. The second-order valence-corrected chi connectivity index (χ2v) is 8.71. The van der Waals surface area contributed by atoms with Crippen LogP contribution in [0.3, 0.4) is 0 Å². The van der Waals surface area contributed by atoms with Crippen molar-refractivity contribution in [3.63, 3.8) is 0 Å². The monoisotopic (exact) mass is 544 g/mol. The van der Waals surface area contributed by atoms with Crippen LogP contribution in [-0.2, 0) is 16.2 Å². The number of fused-ring (bicyclic) bond motifs is 1. The van der Waals surface area contributed by atoms with Crippen LogP contribution in [0.1, 0.15) is 11.1 Å². The molecule has 2 N–H and O–H groups in total. The maximum Gasteiger partial charge on any atom is 0.263 e. The highest BCUT2D eigenvalue weighted by Gasteiger charge is 2.26. The molecule has 150 valence electrons. The molecule has 2 amide bonds. The molecule has 1 fully saturated rings. The van der Waals surface area contributed by atoms with Gasteiger partial charge in [0.25, 0.3) is 11.8 Å². The predicted octanol–water partition coefficient (Wildman–Crippen LogP) is 4.86.